The summed E-state index contributed by atoms with van der Waals surface area (Å²) >= 11 is 1.46. The first-order chi connectivity index (χ1) is 8.22. The van der Waals surface area contributed by atoms with Gasteiger partial charge in [-0.3, -0.25) is 4.79 Å². The molecule has 1 N–H and O–H groups in total. The zero-order valence-corrected chi connectivity index (χ0v) is 10.8. The van der Waals surface area contributed by atoms with E-state index in [0.29, 0.717) is 12.3 Å². The summed E-state index contributed by atoms with van der Waals surface area (Å²) in [6, 6.07) is 7.96. The molecule has 0 fully saturated rings. The molecule has 0 bridgehead atoms. The van der Waals surface area contributed by atoms with Crippen molar-refractivity contribution < 1.29 is 4.79 Å². The van der Waals surface area contributed by atoms with Crippen LogP contribution in [0.3, 0.4) is 0 Å². The van der Waals surface area contributed by atoms with Gasteiger partial charge in [-0.25, -0.2) is 4.98 Å². The molecule has 1 aromatic carbocycles. The predicted molar refractivity (Wildman–Crippen MR) is 70.1 cm³/mol. The Labute approximate surface area is 104 Å². The quantitative estimate of drug-likeness (QED) is 0.841. The molecular formula is C12H15N3OS. The van der Waals surface area contributed by atoms with E-state index < -0.39 is 0 Å². The van der Waals surface area contributed by atoms with E-state index in [9.17, 15) is 4.79 Å². The largest absolute Gasteiger partial charge is 0.356 e. The number of para-hydroxylation sites is 2. The van der Waals surface area contributed by atoms with E-state index in [0.717, 1.165) is 16.2 Å². The second-order valence-corrected chi connectivity index (χ2v) is 4.63. The fourth-order valence-corrected chi connectivity index (χ4v) is 2.45. The summed E-state index contributed by atoms with van der Waals surface area (Å²) in [4.78, 5) is 15.9. The van der Waals surface area contributed by atoms with E-state index in [4.69, 9.17) is 0 Å². The maximum Gasteiger partial charge on any atom is 0.230 e. The molecule has 0 aliphatic heterocycles. The first kappa shape index (κ1) is 12.0. The smallest absolute Gasteiger partial charge is 0.230 e. The van der Waals surface area contributed by atoms with Gasteiger partial charge in [-0.2, -0.15) is 0 Å². The first-order valence-electron chi connectivity index (χ1n) is 5.53. The van der Waals surface area contributed by atoms with Gasteiger partial charge >= 0.3 is 0 Å². The van der Waals surface area contributed by atoms with Gasteiger partial charge in [0.1, 0.15) is 0 Å². The molecule has 0 aliphatic carbocycles. The van der Waals surface area contributed by atoms with Crippen molar-refractivity contribution in [1.29, 1.82) is 0 Å². The van der Waals surface area contributed by atoms with Crippen LogP contribution in [0, 0.1) is 0 Å². The van der Waals surface area contributed by atoms with Crippen molar-refractivity contribution in [3.05, 3.63) is 24.3 Å². The van der Waals surface area contributed by atoms with Crippen molar-refractivity contribution in [3.8, 4) is 0 Å². The van der Waals surface area contributed by atoms with Crippen LogP contribution >= 0.6 is 11.8 Å². The summed E-state index contributed by atoms with van der Waals surface area (Å²) < 4.78 is 2.01. The van der Waals surface area contributed by atoms with E-state index in [-0.39, 0.29) is 5.91 Å². The number of nitrogens with one attached hydrogen (secondary N) is 1. The average molecular weight is 249 g/mol. The van der Waals surface area contributed by atoms with Gasteiger partial charge in [0.25, 0.3) is 0 Å². The minimum Gasteiger partial charge on any atom is -0.356 e. The summed E-state index contributed by atoms with van der Waals surface area (Å²) in [6.45, 7) is 2.58. The molecule has 2 rings (SSSR count). The van der Waals surface area contributed by atoms with Crippen LogP contribution in [0.5, 0.6) is 0 Å². The number of nitrogens with zero attached hydrogens (tertiary/aromatic N) is 2. The molecule has 5 heteroatoms. The predicted octanol–water partition coefficient (Wildman–Crippen LogP) is 1.80. The maximum absolute atomic E-state index is 11.4. The van der Waals surface area contributed by atoms with Gasteiger partial charge in [0.2, 0.25) is 5.91 Å². The Balaban J connectivity index is 2.14. The van der Waals surface area contributed by atoms with Crippen molar-refractivity contribution in [2.24, 2.45) is 7.05 Å². The standard InChI is InChI=1S/C12H15N3OS/c1-3-13-11(16)8-17-12-14-9-6-4-5-7-10(9)15(12)2/h4-7H,3,8H2,1-2H3,(H,13,16). The summed E-state index contributed by atoms with van der Waals surface area (Å²) in [6.07, 6.45) is 0. The molecule has 1 aromatic heterocycles. The van der Waals surface area contributed by atoms with Gasteiger partial charge in [0.15, 0.2) is 5.16 Å². The van der Waals surface area contributed by atoms with Gasteiger partial charge < -0.3 is 9.88 Å². The van der Waals surface area contributed by atoms with Crippen LogP contribution in [-0.4, -0.2) is 27.8 Å². The summed E-state index contributed by atoms with van der Waals surface area (Å²) in [5.41, 5.74) is 2.05. The number of hydrogen-bond acceptors (Lipinski definition) is 3. The molecule has 17 heavy (non-hydrogen) atoms. The number of carbonyl (C=O) groups is 1. The number of amides is 1. The van der Waals surface area contributed by atoms with Crippen LogP contribution < -0.4 is 5.32 Å². The topological polar surface area (TPSA) is 46.9 Å². The lowest BCUT2D eigenvalue weighted by Gasteiger charge is -2.02. The highest BCUT2D eigenvalue weighted by atomic mass is 32.2. The second kappa shape index (κ2) is 5.23. The van der Waals surface area contributed by atoms with Crippen molar-refractivity contribution >= 4 is 28.7 Å². The molecule has 2 aromatic rings. The van der Waals surface area contributed by atoms with Gasteiger partial charge in [0.05, 0.1) is 16.8 Å². The Morgan fingerprint density at radius 2 is 2.24 bits per heavy atom. The van der Waals surface area contributed by atoms with Crippen LogP contribution in [0.2, 0.25) is 0 Å². The molecular weight excluding hydrogens is 234 g/mol. The van der Waals surface area contributed by atoms with Gasteiger partial charge in [0, 0.05) is 13.6 Å². The number of rotatable bonds is 4. The minimum atomic E-state index is 0.0459. The van der Waals surface area contributed by atoms with Crippen molar-refractivity contribution in [2.45, 2.75) is 12.1 Å². The molecule has 1 heterocycles. The maximum atomic E-state index is 11.4. The lowest BCUT2D eigenvalue weighted by molar-refractivity contribution is -0.118. The fourth-order valence-electron chi connectivity index (χ4n) is 1.63. The Bertz CT molecular complexity index is 536. The van der Waals surface area contributed by atoms with E-state index in [1.807, 2.05) is 42.8 Å². The molecule has 0 spiro atoms. The highest BCUT2D eigenvalue weighted by Gasteiger charge is 2.09. The Hall–Kier alpha value is -1.49. The minimum absolute atomic E-state index is 0.0459. The number of thioether (sulfide) groups is 1. The van der Waals surface area contributed by atoms with E-state index in [2.05, 4.69) is 10.3 Å². The van der Waals surface area contributed by atoms with Crippen LogP contribution in [0.15, 0.2) is 29.4 Å². The highest BCUT2D eigenvalue weighted by Crippen LogP contribution is 2.22. The fraction of sp³-hybridized carbons (Fsp3) is 0.333. The van der Waals surface area contributed by atoms with Gasteiger partial charge in [-0.05, 0) is 19.1 Å². The molecule has 0 radical (unpaired) electrons. The van der Waals surface area contributed by atoms with Crippen LogP contribution in [-0.2, 0) is 11.8 Å². The molecule has 0 saturated heterocycles. The molecule has 0 aliphatic rings. The molecule has 4 nitrogen and oxygen atoms in total. The first-order valence-corrected chi connectivity index (χ1v) is 6.52. The number of carbonyl (C=O) groups excluding carboxylic acids is 1. The van der Waals surface area contributed by atoms with Crippen LogP contribution in [0.25, 0.3) is 11.0 Å². The monoisotopic (exact) mass is 249 g/mol. The number of benzene rings is 1. The molecule has 90 valence electrons. The molecule has 1 amide bonds. The average Bonchev–Trinajstić information content (AvgIpc) is 2.65. The van der Waals surface area contributed by atoms with Crippen LogP contribution in [0.1, 0.15) is 6.92 Å². The third-order valence-corrected chi connectivity index (χ3v) is 3.48. The molecule has 0 atom stereocenters. The zero-order valence-electron chi connectivity index (χ0n) is 9.93. The van der Waals surface area contributed by atoms with E-state index >= 15 is 0 Å². The second-order valence-electron chi connectivity index (χ2n) is 3.68. The van der Waals surface area contributed by atoms with Crippen molar-refractivity contribution in [3.63, 3.8) is 0 Å². The van der Waals surface area contributed by atoms with Crippen molar-refractivity contribution in [1.82, 2.24) is 14.9 Å². The number of imidazole rings is 1. The third-order valence-electron chi connectivity index (χ3n) is 2.45. The summed E-state index contributed by atoms with van der Waals surface area (Å²) in [5.74, 6) is 0.454. The molecule has 0 saturated carbocycles. The summed E-state index contributed by atoms with van der Waals surface area (Å²) in [5, 5.41) is 3.64. The van der Waals surface area contributed by atoms with E-state index in [1.165, 1.54) is 11.8 Å². The highest BCUT2D eigenvalue weighted by molar-refractivity contribution is 7.99. The Morgan fingerprint density at radius 1 is 1.47 bits per heavy atom. The number of aryl methyl sites for hydroxylation is 1. The van der Waals surface area contributed by atoms with Crippen molar-refractivity contribution in [2.75, 3.05) is 12.3 Å². The Kier molecular flexibility index (Phi) is 3.68. The number of fused-ring (bicyclic) bond motifs is 1. The lowest BCUT2D eigenvalue weighted by Crippen LogP contribution is -2.24. The normalized spacial score (nSPS) is 10.7. The zero-order chi connectivity index (χ0) is 12.3. The van der Waals surface area contributed by atoms with Crippen LogP contribution in [0.4, 0.5) is 0 Å². The van der Waals surface area contributed by atoms with E-state index in [1.54, 1.807) is 0 Å². The third kappa shape index (κ3) is 2.61. The summed E-state index contributed by atoms with van der Waals surface area (Å²) in [7, 11) is 1.97. The number of aromatic nitrogens is 2. The number of hydrogen-bond donors (Lipinski definition) is 1. The Morgan fingerprint density at radius 3 is 2.94 bits per heavy atom. The molecule has 0 unspecified atom stereocenters. The van der Waals surface area contributed by atoms with Gasteiger partial charge in [-0.1, -0.05) is 23.9 Å². The SMILES string of the molecule is CCNC(=O)CSc1nc2ccccc2n1C. The lowest BCUT2D eigenvalue weighted by atomic mass is 10.3. The van der Waals surface area contributed by atoms with Gasteiger partial charge in [-0.15, -0.1) is 0 Å².